The van der Waals surface area contributed by atoms with Gasteiger partial charge < -0.3 is 4.74 Å². The summed E-state index contributed by atoms with van der Waals surface area (Å²) >= 11 is 8.68. The van der Waals surface area contributed by atoms with Crippen LogP contribution in [0.1, 0.15) is 11.3 Å². The molecule has 0 bridgehead atoms. The molecule has 2 aromatic carbocycles. The second-order valence-electron chi connectivity index (χ2n) is 5.93. The Morgan fingerprint density at radius 2 is 1.96 bits per heavy atom. The topological polar surface area (TPSA) is 69.9 Å². The molecule has 28 heavy (non-hydrogen) atoms. The first-order valence-corrected chi connectivity index (χ1v) is 10.5. The molecule has 0 N–H and O–H groups in total. The Kier molecular flexibility index (Phi) is 5.61. The predicted molar refractivity (Wildman–Crippen MR) is 113 cm³/mol. The molecule has 0 unspecified atom stereocenters. The first-order valence-electron chi connectivity index (χ1n) is 8.38. The SMILES string of the molecule is COc1ccc(Cn2c(SCc3nnsc3Cl)nc3ccccc3c2=O)cc1. The first-order chi connectivity index (χ1) is 13.7. The average Bonchev–Trinajstić information content (AvgIpc) is 3.14. The van der Waals surface area contributed by atoms with Gasteiger partial charge in [0, 0.05) is 17.3 Å². The second kappa shape index (κ2) is 8.30. The van der Waals surface area contributed by atoms with Crippen molar-refractivity contribution in [2.45, 2.75) is 17.5 Å². The van der Waals surface area contributed by atoms with Crippen molar-refractivity contribution in [3.63, 3.8) is 0 Å². The van der Waals surface area contributed by atoms with Crippen molar-refractivity contribution >= 4 is 45.8 Å². The van der Waals surface area contributed by atoms with Gasteiger partial charge in [-0.1, -0.05) is 52.1 Å². The van der Waals surface area contributed by atoms with Gasteiger partial charge in [0.15, 0.2) is 5.16 Å². The van der Waals surface area contributed by atoms with Crippen molar-refractivity contribution in [3.05, 3.63) is 74.5 Å². The minimum atomic E-state index is -0.0774. The van der Waals surface area contributed by atoms with Crippen molar-refractivity contribution < 1.29 is 4.74 Å². The summed E-state index contributed by atoms with van der Waals surface area (Å²) in [5.41, 5.74) is 2.26. The fourth-order valence-electron chi connectivity index (χ4n) is 2.73. The number of methoxy groups -OCH3 is 1. The number of nitrogens with zero attached hydrogens (tertiary/aromatic N) is 4. The van der Waals surface area contributed by atoms with Crippen LogP contribution in [0.3, 0.4) is 0 Å². The summed E-state index contributed by atoms with van der Waals surface area (Å²) in [5.74, 6) is 1.26. The van der Waals surface area contributed by atoms with E-state index in [0.29, 0.717) is 38.4 Å². The van der Waals surface area contributed by atoms with Crippen LogP contribution in [0.15, 0.2) is 58.5 Å². The van der Waals surface area contributed by atoms with Crippen molar-refractivity contribution in [2.24, 2.45) is 0 Å². The highest BCUT2D eigenvalue weighted by molar-refractivity contribution is 7.98. The molecular weight excluding hydrogens is 416 g/mol. The van der Waals surface area contributed by atoms with Gasteiger partial charge in [0.25, 0.3) is 5.56 Å². The molecule has 0 aliphatic rings. The van der Waals surface area contributed by atoms with Crippen LogP contribution in [0, 0.1) is 0 Å². The van der Waals surface area contributed by atoms with Crippen LogP contribution in [0.5, 0.6) is 5.75 Å². The van der Waals surface area contributed by atoms with E-state index in [0.717, 1.165) is 22.8 Å². The minimum Gasteiger partial charge on any atom is -0.497 e. The van der Waals surface area contributed by atoms with E-state index >= 15 is 0 Å². The average molecular weight is 431 g/mol. The number of benzene rings is 2. The van der Waals surface area contributed by atoms with E-state index in [4.69, 9.17) is 21.3 Å². The molecule has 4 rings (SSSR count). The molecule has 4 aromatic rings. The van der Waals surface area contributed by atoms with E-state index in [-0.39, 0.29) is 5.56 Å². The Hall–Kier alpha value is -2.42. The Balaban J connectivity index is 1.73. The zero-order valence-electron chi connectivity index (χ0n) is 14.8. The van der Waals surface area contributed by atoms with Crippen molar-refractivity contribution in [1.29, 1.82) is 0 Å². The zero-order valence-corrected chi connectivity index (χ0v) is 17.2. The quantitative estimate of drug-likeness (QED) is 0.336. The summed E-state index contributed by atoms with van der Waals surface area (Å²) in [5, 5.41) is 5.24. The summed E-state index contributed by atoms with van der Waals surface area (Å²) < 4.78 is 11.3. The summed E-state index contributed by atoms with van der Waals surface area (Å²) in [4.78, 5) is 17.8. The highest BCUT2D eigenvalue weighted by Crippen LogP contribution is 2.27. The van der Waals surface area contributed by atoms with Crippen LogP contribution in [0.2, 0.25) is 4.34 Å². The van der Waals surface area contributed by atoms with Crippen LogP contribution >= 0.6 is 34.9 Å². The molecule has 2 heterocycles. The number of rotatable bonds is 6. The van der Waals surface area contributed by atoms with Crippen LogP contribution in [0.4, 0.5) is 0 Å². The molecule has 0 fully saturated rings. The molecule has 0 saturated heterocycles. The van der Waals surface area contributed by atoms with E-state index in [1.165, 1.54) is 11.8 Å². The van der Waals surface area contributed by atoms with Crippen LogP contribution in [-0.4, -0.2) is 26.2 Å². The van der Waals surface area contributed by atoms with E-state index in [2.05, 4.69) is 9.59 Å². The van der Waals surface area contributed by atoms with Crippen molar-refractivity contribution in [2.75, 3.05) is 7.11 Å². The fraction of sp³-hybridized carbons (Fsp3) is 0.158. The zero-order chi connectivity index (χ0) is 19.5. The third kappa shape index (κ3) is 3.89. The van der Waals surface area contributed by atoms with Gasteiger partial charge in [-0.25, -0.2) is 4.98 Å². The van der Waals surface area contributed by atoms with Gasteiger partial charge in [-0.3, -0.25) is 9.36 Å². The molecular formula is C19H15ClN4O2S2. The number of hydrogen-bond donors (Lipinski definition) is 0. The lowest BCUT2D eigenvalue weighted by Crippen LogP contribution is -2.24. The maximum Gasteiger partial charge on any atom is 0.262 e. The fourth-order valence-corrected chi connectivity index (χ4v) is 4.46. The van der Waals surface area contributed by atoms with Crippen LogP contribution in [0.25, 0.3) is 10.9 Å². The van der Waals surface area contributed by atoms with Gasteiger partial charge >= 0.3 is 0 Å². The Morgan fingerprint density at radius 3 is 2.68 bits per heavy atom. The summed E-state index contributed by atoms with van der Waals surface area (Å²) in [6.07, 6.45) is 0. The highest BCUT2D eigenvalue weighted by Gasteiger charge is 2.14. The molecule has 9 heteroatoms. The maximum absolute atomic E-state index is 13.1. The smallest absolute Gasteiger partial charge is 0.262 e. The van der Waals surface area contributed by atoms with Gasteiger partial charge in [0.1, 0.15) is 15.8 Å². The molecule has 0 saturated carbocycles. The van der Waals surface area contributed by atoms with E-state index in [1.54, 1.807) is 17.7 Å². The molecule has 0 spiro atoms. The monoisotopic (exact) mass is 430 g/mol. The Bertz CT molecular complexity index is 1170. The first kappa shape index (κ1) is 18.9. The lowest BCUT2D eigenvalue weighted by atomic mass is 10.2. The lowest BCUT2D eigenvalue weighted by molar-refractivity contribution is 0.414. The summed E-state index contributed by atoms with van der Waals surface area (Å²) in [6, 6.07) is 15.0. The number of thioether (sulfide) groups is 1. The number of ether oxygens (including phenoxy) is 1. The van der Waals surface area contributed by atoms with Crippen LogP contribution in [-0.2, 0) is 12.3 Å². The van der Waals surface area contributed by atoms with Gasteiger partial charge in [-0.2, -0.15) is 0 Å². The van der Waals surface area contributed by atoms with E-state index in [1.807, 2.05) is 42.5 Å². The largest absolute Gasteiger partial charge is 0.497 e. The van der Waals surface area contributed by atoms with Crippen molar-refractivity contribution in [3.8, 4) is 5.75 Å². The number of halogens is 1. The van der Waals surface area contributed by atoms with E-state index in [9.17, 15) is 4.79 Å². The molecule has 2 aromatic heterocycles. The molecule has 0 atom stereocenters. The normalized spacial score (nSPS) is 11.1. The number of para-hydroxylation sites is 1. The number of hydrogen-bond acceptors (Lipinski definition) is 7. The van der Waals surface area contributed by atoms with Gasteiger partial charge in [0.05, 0.1) is 24.6 Å². The standard InChI is InChI=1S/C19H15ClN4O2S2/c1-26-13-8-6-12(7-9-13)10-24-18(25)14-4-2-3-5-15(14)21-19(24)27-11-16-17(20)28-23-22-16/h2-9H,10-11H2,1H3. The highest BCUT2D eigenvalue weighted by atomic mass is 35.5. The summed E-state index contributed by atoms with van der Waals surface area (Å²) in [7, 11) is 1.62. The molecule has 0 aliphatic heterocycles. The van der Waals surface area contributed by atoms with E-state index < -0.39 is 0 Å². The van der Waals surface area contributed by atoms with Gasteiger partial charge in [-0.05, 0) is 29.8 Å². The molecule has 6 nitrogen and oxygen atoms in total. The van der Waals surface area contributed by atoms with Crippen LogP contribution < -0.4 is 10.3 Å². The second-order valence-corrected chi connectivity index (χ2v) is 8.23. The maximum atomic E-state index is 13.1. The summed E-state index contributed by atoms with van der Waals surface area (Å²) in [6.45, 7) is 0.409. The Labute approximate surface area is 174 Å². The molecule has 0 aliphatic carbocycles. The molecule has 142 valence electrons. The third-order valence-corrected chi connectivity index (χ3v) is 6.15. The lowest BCUT2D eigenvalue weighted by Gasteiger charge is -2.13. The minimum absolute atomic E-state index is 0.0774. The van der Waals surface area contributed by atoms with Gasteiger partial charge in [-0.15, -0.1) is 5.10 Å². The molecule has 0 amide bonds. The predicted octanol–water partition coefficient (Wildman–Crippen LogP) is 4.25. The third-order valence-electron chi connectivity index (χ3n) is 4.17. The number of aromatic nitrogens is 4. The van der Waals surface area contributed by atoms with Crippen molar-refractivity contribution in [1.82, 2.24) is 19.1 Å². The Morgan fingerprint density at radius 1 is 1.18 bits per heavy atom. The molecule has 0 radical (unpaired) electrons. The van der Waals surface area contributed by atoms with Gasteiger partial charge in [0.2, 0.25) is 0 Å². The number of fused-ring (bicyclic) bond motifs is 1.